The molecule has 1 radical (unpaired) electrons. The molecular formula is C18H29. The van der Waals surface area contributed by atoms with Crippen LogP contribution in [-0.4, -0.2) is 0 Å². The van der Waals surface area contributed by atoms with E-state index in [1.807, 2.05) is 0 Å². The lowest BCUT2D eigenvalue weighted by atomic mass is 9.91. The number of hydrogen-bond acceptors (Lipinski definition) is 0. The van der Waals surface area contributed by atoms with E-state index in [2.05, 4.69) is 47.1 Å². The van der Waals surface area contributed by atoms with E-state index in [0.717, 1.165) is 0 Å². The predicted octanol–water partition coefficient (Wildman–Crippen LogP) is 5.83. The third kappa shape index (κ3) is 4.15. The molecule has 0 saturated carbocycles. The minimum Gasteiger partial charge on any atom is -0.0654 e. The Labute approximate surface area is 114 Å². The Morgan fingerprint density at radius 3 is 1.94 bits per heavy atom. The lowest BCUT2D eigenvalue weighted by Gasteiger charge is -2.15. The first-order valence-electron chi connectivity index (χ1n) is 7.48. The number of unbranched alkanes of at least 4 members (excludes halogenated alkanes) is 5. The van der Waals surface area contributed by atoms with Gasteiger partial charge in [0.1, 0.15) is 0 Å². The molecule has 0 nitrogen and oxygen atoms in total. The molecule has 1 aromatic carbocycles. The van der Waals surface area contributed by atoms with Crippen LogP contribution < -0.4 is 0 Å². The van der Waals surface area contributed by atoms with Crippen molar-refractivity contribution in [3.63, 3.8) is 0 Å². The molecule has 0 heteroatoms. The highest BCUT2D eigenvalue weighted by atomic mass is 14.1. The highest BCUT2D eigenvalue weighted by Gasteiger charge is 2.08. The zero-order chi connectivity index (χ0) is 13.5. The number of hydrogen-bond donors (Lipinski definition) is 0. The molecule has 0 aliphatic rings. The van der Waals surface area contributed by atoms with E-state index in [-0.39, 0.29) is 0 Å². The summed E-state index contributed by atoms with van der Waals surface area (Å²) in [6, 6.07) is 2.31. The maximum Gasteiger partial charge on any atom is -0.00874 e. The molecule has 0 unspecified atom stereocenters. The molecule has 0 atom stereocenters. The van der Waals surface area contributed by atoms with Crippen molar-refractivity contribution < 1.29 is 0 Å². The summed E-state index contributed by atoms with van der Waals surface area (Å²) in [6.45, 7) is 11.2. The van der Waals surface area contributed by atoms with Crippen LogP contribution in [0.4, 0.5) is 0 Å². The van der Waals surface area contributed by atoms with Crippen molar-refractivity contribution in [2.45, 2.75) is 73.1 Å². The van der Waals surface area contributed by atoms with Crippen molar-refractivity contribution >= 4 is 0 Å². The number of rotatable bonds is 7. The van der Waals surface area contributed by atoms with Crippen molar-refractivity contribution in [2.24, 2.45) is 0 Å². The zero-order valence-electron chi connectivity index (χ0n) is 12.9. The van der Waals surface area contributed by atoms with Gasteiger partial charge in [-0.05, 0) is 68.4 Å². The topological polar surface area (TPSA) is 0 Å². The average molecular weight is 245 g/mol. The van der Waals surface area contributed by atoms with E-state index >= 15 is 0 Å². The smallest absolute Gasteiger partial charge is 0.00874 e. The minimum absolute atomic E-state index is 1.23. The molecule has 0 saturated heterocycles. The van der Waals surface area contributed by atoms with E-state index in [1.165, 1.54) is 66.3 Å². The Balaban J connectivity index is 2.52. The van der Waals surface area contributed by atoms with Gasteiger partial charge in [0.2, 0.25) is 0 Å². The van der Waals surface area contributed by atoms with Gasteiger partial charge < -0.3 is 0 Å². The summed E-state index contributed by atoms with van der Waals surface area (Å²) in [5.74, 6) is 0. The maximum atomic E-state index is 2.45. The molecule has 0 aliphatic heterocycles. The molecular weight excluding hydrogens is 216 g/mol. The maximum absolute atomic E-state index is 2.45. The van der Waals surface area contributed by atoms with Gasteiger partial charge in [0.25, 0.3) is 0 Å². The van der Waals surface area contributed by atoms with Gasteiger partial charge >= 0.3 is 0 Å². The van der Waals surface area contributed by atoms with Crippen LogP contribution in [0.15, 0.2) is 6.07 Å². The molecule has 0 bridgehead atoms. The van der Waals surface area contributed by atoms with Crippen LogP contribution in [-0.2, 0) is 0 Å². The number of benzene rings is 1. The monoisotopic (exact) mass is 245 g/mol. The normalized spacial score (nSPS) is 10.9. The van der Waals surface area contributed by atoms with Crippen molar-refractivity contribution in [1.82, 2.24) is 0 Å². The fraction of sp³-hybridized carbons (Fsp3) is 0.611. The van der Waals surface area contributed by atoms with Crippen LogP contribution in [0.3, 0.4) is 0 Å². The Hall–Kier alpha value is -0.780. The van der Waals surface area contributed by atoms with Crippen LogP contribution in [0.25, 0.3) is 0 Å². The van der Waals surface area contributed by atoms with Gasteiger partial charge in [-0.3, -0.25) is 0 Å². The Morgan fingerprint density at radius 1 is 0.833 bits per heavy atom. The van der Waals surface area contributed by atoms with Crippen LogP contribution in [0, 0.1) is 34.1 Å². The molecule has 1 aromatic rings. The highest BCUT2D eigenvalue weighted by Crippen LogP contribution is 2.24. The van der Waals surface area contributed by atoms with Crippen molar-refractivity contribution in [3.8, 4) is 0 Å². The molecule has 1 rings (SSSR count). The first kappa shape index (κ1) is 15.3. The van der Waals surface area contributed by atoms with Gasteiger partial charge in [-0.15, -0.1) is 0 Å². The Kier molecular flexibility index (Phi) is 6.46. The zero-order valence-corrected chi connectivity index (χ0v) is 12.9. The van der Waals surface area contributed by atoms with Crippen molar-refractivity contribution in [1.29, 1.82) is 0 Å². The van der Waals surface area contributed by atoms with Crippen LogP contribution in [0.2, 0.25) is 0 Å². The fourth-order valence-electron chi connectivity index (χ4n) is 2.55. The van der Waals surface area contributed by atoms with Crippen molar-refractivity contribution in [2.75, 3.05) is 0 Å². The molecule has 0 aromatic heterocycles. The van der Waals surface area contributed by atoms with Gasteiger partial charge in [0.15, 0.2) is 0 Å². The fourth-order valence-corrected chi connectivity index (χ4v) is 2.55. The van der Waals surface area contributed by atoms with Gasteiger partial charge in [-0.25, -0.2) is 0 Å². The summed E-state index contributed by atoms with van der Waals surface area (Å²) in [5, 5.41) is 0. The molecule has 0 N–H and O–H groups in total. The predicted molar refractivity (Wildman–Crippen MR) is 82.2 cm³/mol. The average Bonchev–Trinajstić information content (AvgIpc) is 2.35. The first-order valence-corrected chi connectivity index (χ1v) is 7.48. The van der Waals surface area contributed by atoms with E-state index in [4.69, 9.17) is 0 Å². The van der Waals surface area contributed by atoms with Gasteiger partial charge in [-0.1, -0.05) is 45.1 Å². The largest absolute Gasteiger partial charge is 0.0654 e. The summed E-state index contributed by atoms with van der Waals surface area (Å²) in [5.41, 5.74) is 7.27. The lowest BCUT2D eigenvalue weighted by molar-refractivity contribution is 0.631. The highest BCUT2D eigenvalue weighted by molar-refractivity contribution is 5.47. The quantitative estimate of drug-likeness (QED) is 0.530. The second-order valence-corrected chi connectivity index (χ2v) is 5.58. The molecule has 0 heterocycles. The summed E-state index contributed by atoms with van der Waals surface area (Å²) >= 11 is 0. The molecule has 0 fully saturated rings. The minimum atomic E-state index is 1.23. The van der Waals surface area contributed by atoms with E-state index < -0.39 is 0 Å². The Morgan fingerprint density at radius 2 is 1.39 bits per heavy atom. The van der Waals surface area contributed by atoms with Crippen LogP contribution in [0.5, 0.6) is 0 Å². The third-order valence-electron chi connectivity index (χ3n) is 4.08. The number of aryl methyl sites for hydroxylation is 2. The van der Waals surface area contributed by atoms with Gasteiger partial charge in [-0.2, -0.15) is 0 Å². The summed E-state index contributed by atoms with van der Waals surface area (Å²) in [6.07, 6.45) is 10.5. The second-order valence-electron chi connectivity index (χ2n) is 5.58. The molecule has 0 spiro atoms. The SMILES string of the molecule is CCCCCCC[CH]c1c(C)c(C)cc(C)c1C. The summed E-state index contributed by atoms with van der Waals surface area (Å²) in [4.78, 5) is 0. The van der Waals surface area contributed by atoms with Crippen LogP contribution >= 0.6 is 0 Å². The van der Waals surface area contributed by atoms with Crippen molar-refractivity contribution in [3.05, 3.63) is 40.3 Å². The first-order chi connectivity index (χ1) is 8.57. The lowest BCUT2D eigenvalue weighted by Crippen LogP contribution is -1.98. The third-order valence-corrected chi connectivity index (χ3v) is 4.08. The van der Waals surface area contributed by atoms with Gasteiger partial charge in [0, 0.05) is 0 Å². The van der Waals surface area contributed by atoms with Crippen LogP contribution in [0.1, 0.15) is 73.3 Å². The molecule has 0 aliphatic carbocycles. The molecule has 0 amide bonds. The molecule has 101 valence electrons. The molecule has 18 heavy (non-hydrogen) atoms. The summed E-state index contributed by atoms with van der Waals surface area (Å²) in [7, 11) is 0. The van der Waals surface area contributed by atoms with E-state index in [0.29, 0.717) is 0 Å². The standard InChI is InChI=1S/C18H29/c1-6-7-8-9-10-11-12-18-16(4)14(2)13-15(3)17(18)5/h12-13H,6-11H2,1-5H3. The summed E-state index contributed by atoms with van der Waals surface area (Å²) < 4.78 is 0. The Bertz CT molecular complexity index is 348. The van der Waals surface area contributed by atoms with E-state index in [9.17, 15) is 0 Å². The van der Waals surface area contributed by atoms with E-state index in [1.54, 1.807) is 0 Å². The second kappa shape index (κ2) is 7.61. The van der Waals surface area contributed by atoms with Gasteiger partial charge in [0.05, 0.1) is 0 Å².